The van der Waals surface area contributed by atoms with Crippen molar-refractivity contribution in [3.05, 3.63) is 34.9 Å². The molecule has 1 aromatic carbocycles. The number of carbonyl (C=O) groups excluding carboxylic acids is 1. The molecule has 4 heteroatoms. The van der Waals surface area contributed by atoms with Gasteiger partial charge >= 0.3 is 0 Å². The van der Waals surface area contributed by atoms with E-state index in [0.29, 0.717) is 12.5 Å². The Labute approximate surface area is 113 Å². The van der Waals surface area contributed by atoms with Crippen molar-refractivity contribution >= 4 is 17.5 Å². The fraction of sp³-hybridized carbons (Fsp3) is 0.500. The maximum absolute atomic E-state index is 11.1. The smallest absolute Gasteiger partial charge is 0.220 e. The van der Waals surface area contributed by atoms with Gasteiger partial charge in [-0.15, -0.1) is 0 Å². The SMILES string of the molecule is CCC(NCC1CCC(=O)N1)c1cccc(Cl)c1. The monoisotopic (exact) mass is 266 g/mol. The summed E-state index contributed by atoms with van der Waals surface area (Å²) < 4.78 is 0. The van der Waals surface area contributed by atoms with Crippen molar-refractivity contribution in [3.8, 4) is 0 Å². The molecule has 18 heavy (non-hydrogen) atoms. The molecule has 0 radical (unpaired) electrons. The molecule has 0 saturated carbocycles. The van der Waals surface area contributed by atoms with Crippen molar-refractivity contribution in [1.82, 2.24) is 10.6 Å². The summed E-state index contributed by atoms with van der Waals surface area (Å²) in [5.74, 6) is 0.164. The van der Waals surface area contributed by atoms with Crippen LogP contribution in [0.15, 0.2) is 24.3 Å². The highest BCUT2D eigenvalue weighted by atomic mass is 35.5. The molecule has 1 fully saturated rings. The van der Waals surface area contributed by atoms with Gasteiger partial charge in [-0.3, -0.25) is 4.79 Å². The van der Waals surface area contributed by atoms with Gasteiger partial charge in [0.1, 0.15) is 0 Å². The minimum absolute atomic E-state index is 0.164. The normalized spacial score (nSPS) is 20.8. The molecule has 1 heterocycles. The zero-order chi connectivity index (χ0) is 13.0. The molecule has 0 bridgehead atoms. The molecule has 1 saturated heterocycles. The summed E-state index contributed by atoms with van der Waals surface area (Å²) in [5.41, 5.74) is 1.20. The molecular formula is C14H19ClN2O. The highest BCUT2D eigenvalue weighted by Crippen LogP contribution is 2.20. The molecule has 0 aromatic heterocycles. The Bertz CT molecular complexity index is 422. The predicted molar refractivity (Wildman–Crippen MR) is 73.7 cm³/mol. The summed E-state index contributed by atoms with van der Waals surface area (Å²) in [6.07, 6.45) is 2.58. The van der Waals surface area contributed by atoms with Crippen LogP contribution in [0, 0.1) is 0 Å². The summed E-state index contributed by atoms with van der Waals surface area (Å²) >= 11 is 6.01. The van der Waals surface area contributed by atoms with Crippen LogP contribution in [-0.2, 0) is 4.79 Å². The average molecular weight is 267 g/mol. The summed E-state index contributed by atoms with van der Waals surface area (Å²) in [6, 6.07) is 8.50. The van der Waals surface area contributed by atoms with Crippen LogP contribution < -0.4 is 10.6 Å². The fourth-order valence-corrected chi connectivity index (χ4v) is 2.53. The number of hydrogen-bond donors (Lipinski definition) is 2. The van der Waals surface area contributed by atoms with E-state index in [1.807, 2.05) is 18.2 Å². The first-order valence-corrected chi connectivity index (χ1v) is 6.85. The van der Waals surface area contributed by atoms with E-state index in [9.17, 15) is 4.79 Å². The summed E-state index contributed by atoms with van der Waals surface area (Å²) in [4.78, 5) is 11.1. The molecule has 0 spiro atoms. The van der Waals surface area contributed by atoms with Crippen molar-refractivity contribution in [3.63, 3.8) is 0 Å². The van der Waals surface area contributed by atoms with Gasteiger partial charge in [0, 0.05) is 30.1 Å². The highest BCUT2D eigenvalue weighted by Gasteiger charge is 2.21. The van der Waals surface area contributed by atoms with Crippen LogP contribution in [0.4, 0.5) is 0 Å². The van der Waals surface area contributed by atoms with Gasteiger partial charge in [-0.05, 0) is 30.5 Å². The van der Waals surface area contributed by atoms with Crippen molar-refractivity contribution in [2.24, 2.45) is 0 Å². The number of rotatable bonds is 5. The third kappa shape index (κ3) is 3.47. The number of nitrogens with one attached hydrogen (secondary N) is 2. The van der Waals surface area contributed by atoms with Crippen LogP contribution in [0.5, 0.6) is 0 Å². The predicted octanol–water partition coefficient (Wildman–Crippen LogP) is 2.66. The van der Waals surface area contributed by atoms with Gasteiger partial charge in [-0.2, -0.15) is 0 Å². The molecule has 1 aliphatic rings. The molecule has 2 rings (SSSR count). The first-order valence-electron chi connectivity index (χ1n) is 6.47. The molecule has 2 atom stereocenters. The maximum Gasteiger partial charge on any atom is 0.220 e. The average Bonchev–Trinajstić information content (AvgIpc) is 2.76. The van der Waals surface area contributed by atoms with Crippen molar-refractivity contribution < 1.29 is 4.79 Å². The van der Waals surface area contributed by atoms with E-state index >= 15 is 0 Å². The second-order valence-electron chi connectivity index (χ2n) is 4.73. The minimum Gasteiger partial charge on any atom is -0.352 e. The van der Waals surface area contributed by atoms with Gasteiger partial charge in [0.2, 0.25) is 5.91 Å². The molecule has 2 unspecified atom stereocenters. The Hall–Kier alpha value is -1.06. The zero-order valence-corrected chi connectivity index (χ0v) is 11.3. The van der Waals surface area contributed by atoms with Crippen LogP contribution in [0.25, 0.3) is 0 Å². The second kappa shape index (κ2) is 6.21. The minimum atomic E-state index is 0.164. The molecular weight excluding hydrogens is 248 g/mol. The van der Waals surface area contributed by atoms with E-state index in [1.165, 1.54) is 5.56 Å². The van der Waals surface area contributed by atoms with Crippen molar-refractivity contribution in [1.29, 1.82) is 0 Å². The highest BCUT2D eigenvalue weighted by molar-refractivity contribution is 6.30. The topological polar surface area (TPSA) is 41.1 Å². The lowest BCUT2D eigenvalue weighted by atomic mass is 10.0. The van der Waals surface area contributed by atoms with Crippen molar-refractivity contribution in [2.45, 2.75) is 38.3 Å². The first kappa shape index (κ1) is 13.4. The van der Waals surface area contributed by atoms with Gasteiger partial charge in [0.05, 0.1) is 0 Å². The Morgan fingerprint density at radius 1 is 1.56 bits per heavy atom. The van der Waals surface area contributed by atoms with E-state index in [4.69, 9.17) is 11.6 Å². The fourth-order valence-electron chi connectivity index (χ4n) is 2.34. The van der Waals surface area contributed by atoms with Gasteiger partial charge in [0.25, 0.3) is 0 Å². The molecule has 0 aliphatic carbocycles. The van der Waals surface area contributed by atoms with Gasteiger partial charge in [0.15, 0.2) is 0 Å². The largest absolute Gasteiger partial charge is 0.352 e. The lowest BCUT2D eigenvalue weighted by molar-refractivity contribution is -0.119. The van der Waals surface area contributed by atoms with Gasteiger partial charge in [-0.1, -0.05) is 30.7 Å². The number of amides is 1. The Balaban J connectivity index is 1.91. The third-order valence-electron chi connectivity index (χ3n) is 3.35. The second-order valence-corrected chi connectivity index (χ2v) is 5.16. The first-order chi connectivity index (χ1) is 8.69. The lowest BCUT2D eigenvalue weighted by Gasteiger charge is -2.20. The Morgan fingerprint density at radius 3 is 3.00 bits per heavy atom. The number of hydrogen-bond acceptors (Lipinski definition) is 2. The van der Waals surface area contributed by atoms with Crippen LogP contribution in [0.3, 0.4) is 0 Å². The summed E-state index contributed by atoms with van der Waals surface area (Å²) in [5, 5.41) is 7.24. The molecule has 3 nitrogen and oxygen atoms in total. The van der Waals surface area contributed by atoms with Crippen LogP contribution in [0.2, 0.25) is 5.02 Å². The van der Waals surface area contributed by atoms with Crippen LogP contribution >= 0.6 is 11.6 Å². The number of halogens is 1. The summed E-state index contributed by atoms with van der Waals surface area (Å²) in [6.45, 7) is 2.96. The third-order valence-corrected chi connectivity index (χ3v) is 3.59. The van der Waals surface area contributed by atoms with E-state index in [0.717, 1.165) is 24.4 Å². The Morgan fingerprint density at radius 2 is 2.39 bits per heavy atom. The van der Waals surface area contributed by atoms with E-state index in [-0.39, 0.29) is 11.9 Å². The zero-order valence-electron chi connectivity index (χ0n) is 10.6. The standard InChI is InChI=1S/C14H19ClN2O/c1-2-13(10-4-3-5-11(15)8-10)16-9-12-6-7-14(18)17-12/h3-5,8,12-13,16H,2,6-7,9H2,1H3,(H,17,18). The quantitative estimate of drug-likeness (QED) is 0.860. The van der Waals surface area contributed by atoms with E-state index in [2.05, 4.69) is 23.6 Å². The number of carbonyl (C=O) groups is 1. The lowest BCUT2D eigenvalue weighted by Crippen LogP contribution is -2.37. The van der Waals surface area contributed by atoms with Crippen molar-refractivity contribution in [2.75, 3.05) is 6.54 Å². The van der Waals surface area contributed by atoms with Crippen LogP contribution in [-0.4, -0.2) is 18.5 Å². The van der Waals surface area contributed by atoms with Crippen LogP contribution in [0.1, 0.15) is 37.8 Å². The molecule has 1 amide bonds. The van der Waals surface area contributed by atoms with E-state index < -0.39 is 0 Å². The van der Waals surface area contributed by atoms with Gasteiger partial charge in [-0.25, -0.2) is 0 Å². The molecule has 98 valence electrons. The van der Waals surface area contributed by atoms with E-state index in [1.54, 1.807) is 0 Å². The Kier molecular flexibility index (Phi) is 4.61. The molecule has 2 N–H and O–H groups in total. The number of benzene rings is 1. The molecule has 1 aromatic rings. The molecule has 1 aliphatic heterocycles. The maximum atomic E-state index is 11.1. The summed E-state index contributed by atoms with van der Waals surface area (Å²) in [7, 11) is 0. The van der Waals surface area contributed by atoms with Gasteiger partial charge < -0.3 is 10.6 Å².